The highest BCUT2D eigenvalue weighted by Gasteiger charge is 2.17. The van der Waals surface area contributed by atoms with Gasteiger partial charge in [0.1, 0.15) is 5.75 Å². The summed E-state index contributed by atoms with van der Waals surface area (Å²) in [6.45, 7) is 1.61. The lowest BCUT2D eigenvalue weighted by molar-refractivity contribution is 0.276. The van der Waals surface area contributed by atoms with Gasteiger partial charge in [0.15, 0.2) is 0 Å². The average Bonchev–Trinajstić information content (AvgIpc) is 2.83. The third-order valence-corrected chi connectivity index (χ3v) is 5.54. The molecule has 0 spiro atoms. The van der Waals surface area contributed by atoms with Crippen LogP contribution in [0.3, 0.4) is 0 Å². The topological polar surface area (TPSA) is 115 Å². The molecular formula is C27H26N4O2. The zero-order chi connectivity index (χ0) is 23.4. The summed E-state index contributed by atoms with van der Waals surface area (Å²) in [6.07, 6.45) is 1.69. The number of hydrogen-bond donors (Lipinski definition) is 5. The van der Waals surface area contributed by atoms with Gasteiger partial charge in [0.25, 0.3) is 0 Å². The molecule has 0 aliphatic carbocycles. The Bertz CT molecular complexity index is 1290. The van der Waals surface area contributed by atoms with Crippen LogP contribution in [0, 0.1) is 5.41 Å². The summed E-state index contributed by atoms with van der Waals surface area (Å²) in [4.78, 5) is 4.68. The van der Waals surface area contributed by atoms with Crippen molar-refractivity contribution in [2.75, 3.05) is 17.7 Å². The predicted octanol–water partition coefficient (Wildman–Crippen LogP) is 5.24. The Morgan fingerprint density at radius 2 is 1.73 bits per heavy atom. The van der Waals surface area contributed by atoms with Crippen molar-refractivity contribution in [3.8, 4) is 28.1 Å². The van der Waals surface area contributed by atoms with Crippen molar-refractivity contribution >= 4 is 17.1 Å². The van der Waals surface area contributed by atoms with Gasteiger partial charge in [0.05, 0.1) is 30.2 Å². The number of nitrogens with zero attached hydrogens (tertiary/aromatic N) is 1. The Kier molecular flexibility index (Phi) is 6.38. The molecule has 33 heavy (non-hydrogen) atoms. The standard InChI is InChI=1S/C27H26N4O2/c1-17(28)22-13-19(11-12-24(22)29)23-14-20(31-25(16-32)18-7-3-2-4-8-18)15-30-27(23)21-9-5-6-10-26(21)33/h2-15,25,28,31-33H,16,29H2,1H3. The molecule has 1 atom stereocenters. The van der Waals surface area contributed by atoms with Gasteiger partial charge in [-0.15, -0.1) is 0 Å². The second-order valence-corrected chi connectivity index (χ2v) is 7.85. The van der Waals surface area contributed by atoms with Gasteiger partial charge in [-0.1, -0.05) is 48.5 Å². The van der Waals surface area contributed by atoms with Crippen molar-refractivity contribution in [2.45, 2.75) is 13.0 Å². The predicted molar refractivity (Wildman–Crippen MR) is 134 cm³/mol. The number of aromatic hydroxyl groups is 1. The van der Waals surface area contributed by atoms with Crippen LogP contribution in [0.25, 0.3) is 22.4 Å². The van der Waals surface area contributed by atoms with Crippen LogP contribution in [0.1, 0.15) is 24.1 Å². The van der Waals surface area contributed by atoms with Crippen LogP contribution in [0.5, 0.6) is 5.75 Å². The Morgan fingerprint density at radius 1 is 1.00 bits per heavy atom. The van der Waals surface area contributed by atoms with Crippen LogP contribution >= 0.6 is 0 Å². The number of pyridine rings is 1. The fraction of sp³-hybridized carbons (Fsp3) is 0.111. The van der Waals surface area contributed by atoms with Crippen molar-refractivity contribution < 1.29 is 10.2 Å². The lowest BCUT2D eigenvalue weighted by Gasteiger charge is -2.20. The number of hydrogen-bond acceptors (Lipinski definition) is 6. The lowest BCUT2D eigenvalue weighted by atomic mass is 9.95. The van der Waals surface area contributed by atoms with Gasteiger partial charge in [-0.3, -0.25) is 4.98 Å². The Morgan fingerprint density at radius 3 is 2.42 bits per heavy atom. The van der Waals surface area contributed by atoms with Crippen molar-refractivity contribution in [1.82, 2.24) is 4.98 Å². The molecule has 3 aromatic carbocycles. The Hall–Kier alpha value is -4.16. The summed E-state index contributed by atoms with van der Waals surface area (Å²) >= 11 is 0. The molecule has 6 N–H and O–H groups in total. The molecule has 0 bridgehead atoms. The Labute approximate surface area is 192 Å². The lowest BCUT2D eigenvalue weighted by Crippen LogP contribution is -2.15. The number of para-hydroxylation sites is 1. The van der Waals surface area contributed by atoms with Crippen molar-refractivity contribution in [1.29, 1.82) is 5.41 Å². The molecule has 0 amide bonds. The first kappa shape index (κ1) is 22.0. The van der Waals surface area contributed by atoms with Gasteiger partial charge in [-0.25, -0.2) is 0 Å². The molecule has 0 aliphatic rings. The molecular weight excluding hydrogens is 412 g/mol. The number of rotatable bonds is 7. The van der Waals surface area contributed by atoms with Crippen LogP contribution in [0.4, 0.5) is 11.4 Å². The van der Waals surface area contributed by atoms with Crippen LogP contribution in [0.15, 0.2) is 85.1 Å². The normalized spacial score (nSPS) is 11.7. The van der Waals surface area contributed by atoms with E-state index in [0.717, 1.165) is 22.4 Å². The molecule has 1 aromatic heterocycles. The SMILES string of the molecule is CC(=N)c1cc(-c2cc(NC(CO)c3ccccc3)cnc2-c2ccccc2O)ccc1N. The second kappa shape index (κ2) is 9.54. The van der Waals surface area contributed by atoms with E-state index >= 15 is 0 Å². The first-order valence-corrected chi connectivity index (χ1v) is 10.6. The molecule has 6 heteroatoms. The van der Waals surface area contributed by atoms with Crippen molar-refractivity contribution in [3.05, 3.63) is 96.2 Å². The number of aliphatic hydroxyl groups excluding tert-OH is 1. The molecule has 1 unspecified atom stereocenters. The van der Waals surface area contributed by atoms with Crippen molar-refractivity contribution in [2.24, 2.45) is 0 Å². The number of aromatic nitrogens is 1. The third kappa shape index (κ3) is 4.71. The first-order chi connectivity index (χ1) is 16.0. The number of aliphatic hydroxyl groups is 1. The van der Waals surface area contributed by atoms with Gasteiger partial charge < -0.3 is 26.7 Å². The highest BCUT2D eigenvalue weighted by Crippen LogP contribution is 2.38. The molecule has 0 radical (unpaired) electrons. The first-order valence-electron chi connectivity index (χ1n) is 10.6. The van der Waals surface area contributed by atoms with E-state index in [0.29, 0.717) is 28.2 Å². The number of nitrogen functional groups attached to an aromatic ring is 1. The molecule has 4 aromatic rings. The van der Waals surface area contributed by atoms with E-state index in [1.165, 1.54) is 0 Å². The minimum Gasteiger partial charge on any atom is -0.507 e. The van der Waals surface area contributed by atoms with Crippen LogP contribution in [-0.2, 0) is 0 Å². The molecule has 4 rings (SSSR count). The molecule has 0 fully saturated rings. The number of nitrogens with one attached hydrogen (secondary N) is 2. The number of nitrogens with two attached hydrogens (primary N) is 1. The summed E-state index contributed by atoms with van der Waals surface area (Å²) in [5.74, 6) is 0.128. The molecule has 166 valence electrons. The van der Waals surface area contributed by atoms with Crippen LogP contribution in [0.2, 0.25) is 0 Å². The van der Waals surface area contributed by atoms with Gasteiger partial charge in [0, 0.05) is 28.1 Å². The Balaban J connectivity index is 1.84. The number of phenols is 1. The summed E-state index contributed by atoms with van der Waals surface area (Å²) in [6, 6.07) is 23.9. The smallest absolute Gasteiger partial charge is 0.124 e. The fourth-order valence-corrected chi connectivity index (χ4v) is 3.82. The van der Waals surface area contributed by atoms with E-state index in [2.05, 4.69) is 10.3 Å². The summed E-state index contributed by atoms with van der Waals surface area (Å²) in [5, 5.41) is 31.9. The van der Waals surface area contributed by atoms with E-state index in [1.54, 1.807) is 31.3 Å². The van der Waals surface area contributed by atoms with E-state index in [-0.39, 0.29) is 18.4 Å². The van der Waals surface area contributed by atoms with Gasteiger partial charge in [-0.05, 0) is 48.4 Å². The maximum absolute atomic E-state index is 10.5. The van der Waals surface area contributed by atoms with Gasteiger partial charge in [-0.2, -0.15) is 0 Å². The maximum atomic E-state index is 10.5. The third-order valence-electron chi connectivity index (χ3n) is 5.54. The maximum Gasteiger partial charge on any atom is 0.124 e. The average molecular weight is 439 g/mol. The minimum absolute atomic E-state index is 0.0837. The number of phenolic OH excluding ortho intramolecular Hbond substituents is 1. The number of anilines is 2. The monoisotopic (exact) mass is 438 g/mol. The second-order valence-electron chi connectivity index (χ2n) is 7.85. The molecule has 0 saturated heterocycles. The highest BCUT2D eigenvalue weighted by molar-refractivity contribution is 6.02. The van der Waals surface area contributed by atoms with E-state index in [9.17, 15) is 10.2 Å². The van der Waals surface area contributed by atoms with Crippen LogP contribution < -0.4 is 11.1 Å². The quantitative estimate of drug-likeness (QED) is 0.200. The zero-order valence-corrected chi connectivity index (χ0v) is 18.3. The fourth-order valence-electron chi connectivity index (χ4n) is 3.82. The summed E-state index contributed by atoms with van der Waals surface area (Å²) < 4.78 is 0. The molecule has 0 aliphatic heterocycles. The van der Waals surface area contributed by atoms with Gasteiger partial charge in [0.2, 0.25) is 0 Å². The number of benzene rings is 3. The van der Waals surface area contributed by atoms with Crippen molar-refractivity contribution in [3.63, 3.8) is 0 Å². The van der Waals surface area contributed by atoms with E-state index in [4.69, 9.17) is 11.1 Å². The van der Waals surface area contributed by atoms with Crippen LogP contribution in [-0.4, -0.2) is 27.5 Å². The highest BCUT2D eigenvalue weighted by atomic mass is 16.3. The zero-order valence-electron chi connectivity index (χ0n) is 18.3. The minimum atomic E-state index is -0.303. The van der Waals surface area contributed by atoms with E-state index in [1.807, 2.05) is 60.7 Å². The largest absolute Gasteiger partial charge is 0.507 e. The molecule has 1 heterocycles. The molecule has 6 nitrogen and oxygen atoms in total. The summed E-state index contributed by atoms with van der Waals surface area (Å²) in [7, 11) is 0. The molecule has 0 saturated carbocycles. The van der Waals surface area contributed by atoms with E-state index < -0.39 is 0 Å². The summed E-state index contributed by atoms with van der Waals surface area (Å²) in [5.41, 5.74) is 12.1. The van der Waals surface area contributed by atoms with Gasteiger partial charge >= 0.3 is 0 Å².